The predicted octanol–water partition coefficient (Wildman–Crippen LogP) is 1.60. The fraction of sp³-hybridized carbons (Fsp3) is 0.286. The summed E-state index contributed by atoms with van der Waals surface area (Å²) in [6.45, 7) is 3.12. The minimum atomic E-state index is -0.418. The van der Waals surface area contributed by atoms with Crippen LogP contribution in [0, 0.1) is 6.92 Å². The predicted molar refractivity (Wildman–Crippen MR) is 72.8 cm³/mol. The molecular formula is C14H17N3O2. The maximum Gasteiger partial charge on any atom is 0.250 e. The van der Waals surface area contributed by atoms with E-state index in [1.54, 1.807) is 19.5 Å². The third-order valence-corrected chi connectivity index (χ3v) is 3.11. The molecular weight excluding hydrogens is 242 g/mol. The van der Waals surface area contributed by atoms with Crippen LogP contribution < -0.4 is 5.73 Å². The molecule has 0 unspecified atom stereocenters. The number of carbonyl (C=O) groups excluding carboxylic acids is 1. The van der Waals surface area contributed by atoms with Crippen molar-refractivity contribution in [2.24, 2.45) is 5.73 Å². The average Bonchev–Trinajstić information content (AvgIpc) is 2.75. The summed E-state index contributed by atoms with van der Waals surface area (Å²) in [5.74, 6) is -0.418. The number of rotatable bonds is 5. The topological polar surface area (TPSA) is 70.1 Å². The number of nitrogens with two attached hydrogens (primary N) is 1. The Hall–Kier alpha value is -2.14. The fourth-order valence-electron chi connectivity index (χ4n) is 2.12. The first-order valence-electron chi connectivity index (χ1n) is 6.04. The summed E-state index contributed by atoms with van der Waals surface area (Å²) >= 11 is 0. The van der Waals surface area contributed by atoms with Crippen molar-refractivity contribution in [3.8, 4) is 11.3 Å². The van der Waals surface area contributed by atoms with E-state index in [0.29, 0.717) is 18.7 Å². The molecule has 0 atom stereocenters. The van der Waals surface area contributed by atoms with Crippen molar-refractivity contribution in [1.29, 1.82) is 0 Å². The van der Waals surface area contributed by atoms with Crippen LogP contribution in [0.2, 0.25) is 0 Å². The highest BCUT2D eigenvalue weighted by Crippen LogP contribution is 2.25. The second-order valence-electron chi connectivity index (χ2n) is 4.28. The number of nitrogens with zero attached hydrogens (tertiary/aromatic N) is 2. The Bertz CT molecular complexity index is 576. The number of amides is 1. The molecule has 0 spiro atoms. The lowest BCUT2D eigenvalue weighted by molar-refractivity contribution is 0.0999. The third kappa shape index (κ3) is 2.66. The quantitative estimate of drug-likeness (QED) is 0.886. The maximum atomic E-state index is 11.5. The summed E-state index contributed by atoms with van der Waals surface area (Å²) in [5.41, 5.74) is 8.67. The van der Waals surface area contributed by atoms with E-state index in [9.17, 15) is 4.79 Å². The van der Waals surface area contributed by atoms with Crippen molar-refractivity contribution >= 4 is 5.91 Å². The minimum Gasteiger partial charge on any atom is -0.383 e. The molecule has 2 N–H and O–H groups in total. The van der Waals surface area contributed by atoms with Gasteiger partial charge in [0.05, 0.1) is 17.9 Å². The number of methoxy groups -OCH3 is 1. The zero-order valence-electron chi connectivity index (χ0n) is 11.1. The SMILES string of the molecule is COCCn1c(-c2cccnc2)cc(C(N)=O)c1C. The molecule has 0 radical (unpaired) electrons. The Morgan fingerprint density at radius 1 is 1.53 bits per heavy atom. The van der Waals surface area contributed by atoms with E-state index < -0.39 is 5.91 Å². The van der Waals surface area contributed by atoms with Gasteiger partial charge in [0.25, 0.3) is 5.91 Å². The highest BCUT2D eigenvalue weighted by atomic mass is 16.5. The molecule has 5 heteroatoms. The summed E-state index contributed by atoms with van der Waals surface area (Å²) < 4.78 is 7.14. The van der Waals surface area contributed by atoms with Crippen LogP contribution in [0.5, 0.6) is 0 Å². The van der Waals surface area contributed by atoms with Gasteiger partial charge in [0.1, 0.15) is 0 Å². The first-order chi connectivity index (χ1) is 9.15. The molecule has 0 aliphatic carbocycles. The molecule has 2 heterocycles. The number of pyridine rings is 1. The lowest BCUT2D eigenvalue weighted by Gasteiger charge is -2.11. The first-order valence-corrected chi connectivity index (χ1v) is 6.04. The van der Waals surface area contributed by atoms with Gasteiger partial charge >= 0.3 is 0 Å². The monoisotopic (exact) mass is 259 g/mol. The van der Waals surface area contributed by atoms with Gasteiger partial charge in [-0.25, -0.2) is 0 Å². The minimum absolute atomic E-state index is 0.418. The summed E-state index contributed by atoms with van der Waals surface area (Å²) in [4.78, 5) is 15.6. The van der Waals surface area contributed by atoms with Crippen LogP contribution in [-0.2, 0) is 11.3 Å². The van der Waals surface area contributed by atoms with E-state index in [-0.39, 0.29) is 0 Å². The van der Waals surface area contributed by atoms with Crippen molar-refractivity contribution in [3.63, 3.8) is 0 Å². The fourth-order valence-corrected chi connectivity index (χ4v) is 2.12. The van der Waals surface area contributed by atoms with Gasteiger partial charge in [-0.1, -0.05) is 0 Å². The Morgan fingerprint density at radius 2 is 2.32 bits per heavy atom. The Kier molecular flexibility index (Phi) is 3.97. The average molecular weight is 259 g/mol. The van der Waals surface area contributed by atoms with E-state index in [4.69, 9.17) is 10.5 Å². The van der Waals surface area contributed by atoms with Gasteiger partial charge in [-0.05, 0) is 25.1 Å². The summed E-state index contributed by atoms with van der Waals surface area (Å²) in [6, 6.07) is 5.63. The van der Waals surface area contributed by atoms with Gasteiger partial charge in [0.15, 0.2) is 0 Å². The van der Waals surface area contributed by atoms with Crippen molar-refractivity contribution in [1.82, 2.24) is 9.55 Å². The number of hydrogen-bond donors (Lipinski definition) is 1. The van der Waals surface area contributed by atoms with E-state index in [2.05, 4.69) is 4.98 Å². The highest BCUT2D eigenvalue weighted by molar-refractivity contribution is 5.95. The van der Waals surface area contributed by atoms with E-state index in [1.165, 1.54) is 0 Å². The van der Waals surface area contributed by atoms with Crippen LogP contribution in [0.3, 0.4) is 0 Å². The molecule has 0 bridgehead atoms. The molecule has 2 aromatic heterocycles. The number of carbonyl (C=O) groups is 1. The number of hydrogen-bond acceptors (Lipinski definition) is 3. The van der Waals surface area contributed by atoms with Crippen LogP contribution in [0.15, 0.2) is 30.6 Å². The Labute approximate surface area is 112 Å². The van der Waals surface area contributed by atoms with Crippen LogP contribution in [0.4, 0.5) is 0 Å². The summed E-state index contributed by atoms with van der Waals surface area (Å²) in [7, 11) is 1.65. The lowest BCUT2D eigenvalue weighted by Crippen LogP contribution is -2.13. The zero-order valence-corrected chi connectivity index (χ0v) is 11.1. The molecule has 2 aromatic rings. The van der Waals surface area contributed by atoms with Crippen LogP contribution in [0.25, 0.3) is 11.3 Å². The molecule has 0 fully saturated rings. The van der Waals surface area contributed by atoms with Crippen LogP contribution in [0.1, 0.15) is 16.1 Å². The molecule has 0 saturated heterocycles. The maximum absolute atomic E-state index is 11.5. The summed E-state index contributed by atoms with van der Waals surface area (Å²) in [5, 5.41) is 0. The zero-order chi connectivity index (χ0) is 13.8. The number of ether oxygens (including phenoxy) is 1. The second-order valence-corrected chi connectivity index (χ2v) is 4.28. The molecule has 0 aliphatic heterocycles. The molecule has 0 aromatic carbocycles. The molecule has 2 rings (SSSR count). The van der Waals surface area contributed by atoms with E-state index in [0.717, 1.165) is 17.0 Å². The Morgan fingerprint density at radius 3 is 2.89 bits per heavy atom. The van der Waals surface area contributed by atoms with Gasteiger partial charge in [-0.2, -0.15) is 0 Å². The first kappa shape index (κ1) is 13.3. The third-order valence-electron chi connectivity index (χ3n) is 3.11. The van der Waals surface area contributed by atoms with Crippen molar-refractivity contribution < 1.29 is 9.53 Å². The van der Waals surface area contributed by atoms with E-state index >= 15 is 0 Å². The van der Waals surface area contributed by atoms with Crippen molar-refractivity contribution in [3.05, 3.63) is 41.9 Å². The van der Waals surface area contributed by atoms with Gasteiger partial charge < -0.3 is 15.0 Å². The van der Waals surface area contributed by atoms with E-state index in [1.807, 2.05) is 29.7 Å². The summed E-state index contributed by atoms with van der Waals surface area (Å²) in [6.07, 6.45) is 3.48. The highest BCUT2D eigenvalue weighted by Gasteiger charge is 2.16. The molecule has 5 nitrogen and oxygen atoms in total. The van der Waals surface area contributed by atoms with Crippen LogP contribution in [-0.4, -0.2) is 29.2 Å². The van der Waals surface area contributed by atoms with Crippen LogP contribution >= 0.6 is 0 Å². The largest absolute Gasteiger partial charge is 0.383 e. The normalized spacial score (nSPS) is 10.6. The van der Waals surface area contributed by atoms with Gasteiger partial charge in [0.2, 0.25) is 0 Å². The van der Waals surface area contributed by atoms with Gasteiger partial charge in [0, 0.05) is 37.3 Å². The standard InChI is InChI=1S/C14H17N3O2/c1-10-12(14(15)18)8-13(17(10)6-7-19-2)11-4-3-5-16-9-11/h3-5,8-9H,6-7H2,1-2H3,(H2,15,18). The number of aromatic nitrogens is 2. The van der Waals surface area contributed by atoms with Crippen molar-refractivity contribution in [2.75, 3.05) is 13.7 Å². The molecule has 0 saturated carbocycles. The molecule has 19 heavy (non-hydrogen) atoms. The molecule has 0 aliphatic rings. The second kappa shape index (κ2) is 5.67. The van der Waals surface area contributed by atoms with Crippen molar-refractivity contribution in [2.45, 2.75) is 13.5 Å². The lowest BCUT2D eigenvalue weighted by atomic mass is 10.2. The molecule has 1 amide bonds. The van der Waals surface area contributed by atoms with Gasteiger partial charge in [-0.15, -0.1) is 0 Å². The van der Waals surface area contributed by atoms with Gasteiger partial charge in [-0.3, -0.25) is 9.78 Å². The molecule has 100 valence electrons. The Balaban J connectivity index is 2.52. The number of primary amides is 1. The smallest absolute Gasteiger partial charge is 0.250 e.